The summed E-state index contributed by atoms with van der Waals surface area (Å²) in [5.74, 6) is -0.207. The smallest absolute Gasteiger partial charge is 0.255 e. The van der Waals surface area contributed by atoms with Crippen molar-refractivity contribution in [2.75, 3.05) is 5.32 Å². The largest absolute Gasteiger partial charge is 0.352 e. The molecule has 2 rings (SSSR count). The topological polar surface area (TPSA) is 58.2 Å². The Hall–Kier alpha value is -2.62. The summed E-state index contributed by atoms with van der Waals surface area (Å²) in [6.07, 6.45) is 3.42. The molecule has 2 N–H and O–H groups in total. The molecule has 0 aliphatic heterocycles. The molecule has 0 bridgehead atoms. The molecule has 2 aromatic rings. The maximum atomic E-state index is 12.3. The van der Waals surface area contributed by atoms with Crippen molar-refractivity contribution in [3.8, 4) is 0 Å². The first kappa shape index (κ1) is 17.7. The van der Waals surface area contributed by atoms with Crippen molar-refractivity contribution in [1.29, 1.82) is 0 Å². The second kappa shape index (κ2) is 8.87. The van der Waals surface area contributed by atoms with Crippen LogP contribution in [0.1, 0.15) is 48.2 Å². The van der Waals surface area contributed by atoms with E-state index in [0.29, 0.717) is 12.1 Å². The van der Waals surface area contributed by atoms with Gasteiger partial charge in [-0.05, 0) is 48.2 Å². The number of benzene rings is 2. The lowest BCUT2D eigenvalue weighted by atomic mass is 10.1. The quantitative estimate of drug-likeness (QED) is 0.811. The van der Waals surface area contributed by atoms with Crippen molar-refractivity contribution in [2.24, 2.45) is 0 Å². The summed E-state index contributed by atoms with van der Waals surface area (Å²) >= 11 is 0. The number of carbonyl (C=O) groups is 2. The molecule has 4 heteroatoms. The number of unbranched alkanes of at least 4 members (excludes halogenated alkanes) is 1. The Balaban J connectivity index is 1.92. The van der Waals surface area contributed by atoms with Crippen LogP contribution in [0.2, 0.25) is 0 Å². The van der Waals surface area contributed by atoms with Crippen LogP contribution >= 0.6 is 0 Å². The van der Waals surface area contributed by atoms with Gasteiger partial charge in [0.2, 0.25) is 5.91 Å². The third kappa shape index (κ3) is 5.54. The molecule has 0 aliphatic carbocycles. The van der Waals surface area contributed by atoms with E-state index < -0.39 is 0 Å². The predicted octanol–water partition coefficient (Wildman–Crippen LogP) is 3.92. The molecule has 0 heterocycles. The molecule has 0 saturated heterocycles. The minimum absolute atomic E-state index is 0.0702. The molecule has 0 atom stereocenters. The first-order valence-electron chi connectivity index (χ1n) is 8.32. The maximum Gasteiger partial charge on any atom is 0.255 e. The molecule has 24 heavy (non-hydrogen) atoms. The van der Waals surface area contributed by atoms with Crippen molar-refractivity contribution in [3.05, 3.63) is 65.2 Å². The monoisotopic (exact) mass is 324 g/mol. The van der Waals surface area contributed by atoms with Gasteiger partial charge in [-0.3, -0.25) is 9.59 Å². The summed E-state index contributed by atoms with van der Waals surface area (Å²) in [4.78, 5) is 23.2. The first-order chi connectivity index (χ1) is 11.6. The van der Waals surface area contributed by atoms with E-state index >= 15 is 0 Å². The minimum atomic E-state index is -0.137. The summed E-state index contributed by atoms with van der Waals surface area (Å²) in [5.41, 5.74) is 3.64. The van der Waals surface area contributed by atoms with Gasteiger partial charge in [0.1, 0.15) is 0 Å². The van der Waals surface area contributed by atoms with Gasteiger partial charge in [-0.2, -0.15) is 0 Å². The third-order valence-corrected chi connectivity index (χ3v) is 3.79. The number of amides is 2. The molecule has 0 aromatic heterocycles. The summed E-state index contributed by atoms with van der Waals surface area (Å²) in [6, 6.07) is 15.2. The molecule has 2 amide bonds. The van der Waals surface area contributed by atoms with Crippen LogP contribution in [0, 0.1) is 0 Å². The summed E-state index contributed by atoms with van der Waals surface area (Å²) < 4.78 is 0. The summed E-state index contributed by atoms with van der Waals surface area (Å²) in [7, 11) is 0. The predicted molar refractivity (Wildman–Crippen MR) is 97.0 cm³/mol. The van der Waals surface area contributed by atoms with E-state index in [0.717, 1.165) is 17.7 Å². The highest BCUT2D eigenvalue weighted by molar-refractivity contribution is 6.04. The van der Waals surface area contributed by atoms with E-state index in [1.165, 1.54) is 25.3 Å². The van der Waals surface area contributed by atoms with E-state index in [9.17, 15) is 9.59 Å². The lowest BCUT2D eigenvalue weighted by molar-refractivity contribution is -0.119. The SMILES string of the molecule is CCCCc1ccc(NC(=O)c2ccc(CNC(C)=O)cc2)cc1. The van der Waals surface area contributed by atoms with Crippen molar-refractivity contribution < 1.29 is 9.59 Å². The van der Waals surface area contributed by atoms with Crippen LogP contribution in [0.25, 0.3) is 0 Å². The Labute approximate surface area is 143 Å². The molecule has 0 fully saturated rings. The summed E-state index contributed by atoms with van der Waals surface area (Å²) in [5, 5.41) is 5.63. The number of hydrogen-bond acceptors (Lipinski definition) is 2. The fraction of sp³-hybridized carbons (Fsp3) is 0.300. The fourth-order valence-corrected chi connectivity index (χ4v) is 2.34. The van der Waals surface area contributed by atoms with Gasteiger partial charge in [0.05, 0.1) is 0 Å². The van der Waals surface area contributed by atoms with Crippen molar-refractivity contribution in [3.63, 3.8) is 0 Å². The molecule has 0 unspecified atom stereocenters. The number of hydrogen-bond donors (Lipinski definition) is 2. The van der Waals surface area contributed by atoms with Gasteiger partial charge in [0, 0.05) is 24.7 Å². The van der Waals surface area contributed by atoms with Crippen LogP contribution in [-0.2, 0) is 17.8 Å². The van der Waals surface area contributed by atoms with Crippen LogP contribution in [0.5, 0.6) is 0 Å². The average molecular weight is 324 g/mol. The minimum Gasteiger partial charge on any atom is -0.352 e. The number of anilines is 1. The van der Waals surface area contributed by atoms with E-state index in [-0.39, 0.29) is 11.8 Å². The van der Waals surface area contributed by atoms with Gasteiger partial charge >= 0.3 is 0 Å². The zero-order valence-electron chi connectivity index (χ0n) is 14.3. The molecule has 4 nitrogen and oxygen atoms in total. The normalized spacial score (nSPS) is 10.2. The summed E-state index contributed by atoms with van der Waals surface area (Å²) in [6.45, 7) is 4.13. The Bertz CT molecular complexity index is 676. The van der Waals surface area contributed by atoms with Gasteiger partial charge in [0.25, 0.3) is 5.91 Å². The Kier molecular flexibility index (Phi) is 6.55. The van der Waals surface area contributed by atoms with Crippen LogP contribution in [-0.4, -0.2) is 11.8 Å². The number of rotatable bonds is 7. The molecule has 0 saturated carbocycles. The number of aryl methyl sites for hydroxylation is 1. The fourth-order valence-electron chi connectivity index (χ4n) is 2.34. The molecular formula is C20H24N2O2. The van der Waals surface area contributed by atoms with Crippen molar-refractivity contribution in [2.45, 2.75) is 39.7 Å². The van der Waals surface area contributed by atoms with E-state index in [4.69, 9.17) is 0 Å². The van der Waals surface area contributed by atoms with Crippen LogP contribution in [0.4, 0.5) is 5.69 Å². The van der Waals surface area contributed by atoms with Gasteiger partial charge in [0.15, 0.2) is 0 Å². The Morgan fingerprint density at radius 2 is 1.54 bits per heavy atom. The van der Waals surface area contributed by atoms with Gasteiger partial charge in [-0.25, -0.2) is 0 Å². The van der Waals surface area contributed by atoms with Crippen molar-refractivity contribution >= 4 is 17.5 Å². The lowest BCUT2D eigenvalue weighted by Crippen LogP contribution is -2.19. The maximum absolute atomic E-state index is 12.3. The first-order valence-corrected chi connectivity index (χ1v) is 8.32. The Morgan fingerprint density at radius 1 is 0.917 bits per heavy atom. The van der Waals surface area contributed by atoms with Crippen LogP contribution in [0.15, 0.2) is 48.5 Å². The number of carbonyl (C=O) groups excluding carboxylic acids is 2. The molecular weight excluding hydrogens is 300 g/mol. The lowest BCUT2D eigenvalue weighted by Gasteiger charge is -2.08. The van der Waals surface area contributed by atoms with Gasteiger partial charge in [-0.1, -0.05) is 37.6 Å². The molecule has 0 spiro atoms. The number of nitrogens with one attached hydrogen (secondary N) is 2. The highest BCUT2D eigenvalue weighted by Crippen LogP contribution is 2.13. The van der Waals surface area contributed by atoms with Gasteiger partial charge in [-0.15, -0.1) is 0 Å². The second-order valence-corrected chi connectivity index (χ2v) is 5.86. The van der Waals surface area contributed by atoms with Crippen molar-refractivity contribution in [1.82, 2.24) is 5.32 Å². The van der Waals surface area contributed by atoms with Crippen LogP contribution < -0.4 is 10.6 Å². The molecule has 2 aromatic carbocycles. The van der Waals surface area contributed by atoms with E-state index in [1.807, 2.05) is 24.3 Å². The average Bonchev–Trinajstić information content (AvgIpc) is 2.59. The highest BCUT2D eigenvalue weighted by Gasteiger charge is 2.06. The Morgan fingerprint density at radius 3 is 2.12 bits per heavy atom. The second-order valence-electron chi connectivity index (χ2n) is 5.86. The highest BCUT2D eigenvalue weighted by atomic mass is 16.2. The molecule has 0 aliphatic rings. The van der Waals surface area contributed by atoms with Crippen LogP contribution in [0.3, 0.4) is 0 Å². The molecule has 126 valence electrons. The zero-order valence-corrected chi connectivity index (χ0v) is 14.3. The van der Waals surface area contributed by atoms with E-state index in [2.05, 4.69) is 29.7 Å². The van der Waals surface area contributed by atoms with Gasteiger partial charge < -0.3 is 10.6 Å². The molecule has 0 radical (unpaired) electrons. The standard InChI is InChI=1S/C20H24N2O2/c1-3-4-5-16-8-12-19(13-9-16)22-20(24)18-10-6-17(7-11-18)14-21-15(2)23/h6-13H,3-5,14H2,1-2H3,(H,21,23)(H,22,24). The van der Waals surface area contributed by atoms with E-state index in [1.54, 1.807) is 12.1 Å². The zero-order chi connectivity index (χ0) is 17.4. The third-order valence-electron chi connectivity index (χ3n) is 3.79.